The molecule has 0 N–H and O–H groups in total. The summed E-state index contributed by atoms with van der Waals surface area (Å²) >= 11 is 4.92. The van der Waals surface area contributed by atoms with Crippen LogP contribution in [0, 0.1) is 0 Å². The fraction of sp³-hybridized carbons (Fsp3) is 0.462. The van der Waals surface area contributed by atoms with Gasteiger partial charge in [-0.25, -0.2) is 0 Å². The zero-order valence-corrected chi connectivity index (χ0v) is 13.1. The first-order chi connectivity index (χ1) is 9.29. The molecule has 0 spiro atoms. The Morgan fingerprint density at radius 3 is 2.75 bits per heavy atom. The molecule has 110 valence electrons. The van der Waals surface area contributed by atoms with Crippen LogP contribution < -0.4 is 0 Å². The number of hydrogen-bond acceptors (Lipinski definition) is 2. The molecule has 2 rings (SSSR count). The molecule has 1 atom stereocenters. The third kappa shape index (κ3) is 3.49. The number of thioether (sulfide) groups is 1. The molecule has 1 saturated heterocycles. The quantitative estimate of drug-likeness (QED) is 0.746. The Hall–Kier alpha value is -0.690. The van der Waals surface area contributed by atoms with E-state index in [-0.39, 0.29) is 11.5 Å². The average molecular weight is 368 g/mol. The number of carbonyl (C=O) groups excluding carboxylic acids is 1. The highest BCUT2D eigenvalue weighted by Gasteiger charge is 2.32. The van der Waals surface area contributed by atoms with Crippen molar-refractivity contribution in [2.75, 3.05) is 18.8 Å². The standard InChI is InChI=1S/C13H13BrF3NOS/c1-8-7-18(4-5-20-8)12(19)10-6-9(13(15,16)17)2-3-11(10)14/h2-3,6,8H,4-5,7H2,1H3. The summed E-state index contributed by atoms with van der Waals surface area (Å²) in [6.45, 7) is 3.13. The fourth-order valence-corrected chi connectivity index (χ4v) is 3.47. The van der Waals surface area contributed by atoms with Gasteiger partial charge in [0.2, 0.25) is 0 Å². The molecule has 1 aliphatic rings. The minimum atomic E-state index is -4.44. The van der Waals surface area contributed by atoms with Crippen LogP contribution in [0.5, 0.6) is 0 Å². The second kappa shape index (κ2) is 5.97. The van der Waals surface area contributed by atoms with Crippen molar-refractivity contribution < 1.29 is 18.0 Å². The lowest BCUT2D eigenvalue weighted by atomic mass is 10.1. The maximum Gasteiger partial charge on any atom is 0.416 e. The summed E-state index contributed by atoms with van der Waals surface area (Å²) in [6, 6.07) is 3.16. The first kappa shape index (κ1) is 15.7. The Labute approximate surface area is 127 Å². The lowest BCUT2D eigenvalue weighted by molar-refractivity contribution is -0.137. The molecule has 1 aliphatic heterocycles. The zero-order chi connectivity index (χ0) is 14.9. The first-order valence-electron chi connectivity index (χ1n) is 6.06. The minimum Gasteiger partial charge on any atom is -0.337 e. The van der Waals surface area contributed by atoms with Crippen LogP contribution in [0.3, 0.4) is 0 Å². The molecule has 7 heteroatoms. The lowest BCUT2D eigenvalue weighted by Gasteiger charge is -2.31. The first-order valence-corrected chi connectivity index (χ1v) is 7.91. The Bertz CT molecular complexity index is 521. The summed E-state index contributed by atoms with van der Waals surface area (Å²) in [7, 11) is 0. The molecule has 2 nitrogen and oxygen atoms in total. The number of nitrogens with zero attached hydrogens (tertiary/aromatic N) is 1. The molecule has 0 saturated carbocycles. The van der Waals surface area contributed by atoms with E-state index in [1.165, 1.54) is 6.07 Å². The SMILES string of the molecule is CC1CN(C(=O)c2cc(C(F)(F)F)ccc2Br)CCS1. The summed E-state index contributed by atoms with van der Waals surface area (Å²) in [5.41, 5.74) is -0.734. The Morgan fingerprint density at radius 1 is 1.45 bits per heavy atom. The van der Waals surface area contributed by atoms with Gasteiger partial charge >= 0.3 is 6.18 Å². The molecular formula is C13H13BrF3NOS. The zero-order valence-electron chi connectivity index (χ0n) is 10.7. The largest absolute Gasteiger partial charge is 0.416 e. The Balaban J connectivity index is 2.29. The predicted molar refractivity (Wildman–Crippen MR) is 77.0 cm³/mol. The van der Waals surface area contributed by atoms with Crippen molar-refractivity contribution >= 4 is 33.6 Å². The van der Waals surface area contributed by atoms with Crippen LogP contribution in [0.4, 0.5) is 13.2 Å². The molecule has 1 aromatic carbocycles. The molecule has 1 heterocycles. The summed E-state index contributed by atoms with van der Waals surface area (Å²) in [4.78, 5) is 14.0. The van der Waals surface area contributed by atoms with Gasteiger partial charge in [-0.15, -0.1) is 0 Å². The molecule has 0 bridgehead atoms. The van der Waals surface area contributed by atoms with E-state index in [2.05, 4.69) is 15.9 Å². The van der Waals surface area contributed by atoms with E-state index in [1.807, 2.05) is 6.92 Å². The maximum absolute atomic E-state index is 12.7. The summed E-state index contributed by atoms with van der Waals surface area (Å²) in [5, 5.41) is 0.303. The van der Waals surface area contributed by atoms with Crippen LogP contribution in [-0.4, -0.2) is 34.9 Å². The number of benzene rings is 1. The number of amides is 1. The van der Waals surface area contributed by atoms with Gasteiger partial charge in [-0.2, -0.15) is 24.9 Å². The lowest BCUT2D eigenvalue weighted by Crippen LogP contribution is -2.41. The molecule has 1 amide bonds. The summed E-state index contributed by atoms with van der Waals surface area (Å²) < 4.78 is 38.6. The van der Waals surface area contributed by atoms with Crippen LogP contribution in [0.1, 0.15) is 22.8 Å². The van der Waals surface area contributed by atoms with E-state index in [0.717, 1.165) is 17.9 Å². The van der Waals surface area contributed by atoms with Gasteiger partial charge < -0.3 is 4.90 Å². The number of alkyl halides is 3. The Morgan fingerprint density at radius 2 is 2.15 bits per heavy atom. The second-order valence-electron chi connectivity index (χ2n) is 4.62. The van der Waals surface area contributed by atoms with Gasteiger partial charge in [-0.05, 0) is 34.1 Å². The number of hydrogen-bond donors (Lipinski definition) is 0. The minimum absolute atomic E-state index is 0.0684. The van der Waals surface area contributed by atoms with Crippen LogP contribution >= 0.6 is 27.7 Å². The van der Waals surface area contributed by atoms with Gasteiger partial charge in [0.15, 0.2) is 0 Å². The van der Waals surface area contributed by atoms with Crippen LogP contribution in [0.15, 0.2) is 22.7 Å². The van der Waals surface area contributed by atoms with Crippen molar-refractivity contribution in [1.82, 2.24) is 4.90 Å². The van der Waals surface area contributed by atoms with E-state index >= 15 is 0 Å². The van der Waals surface area contributed by atoms with Crippen molar-refractivity contribution in [3.05, 3.63) is 33.8 Å². The van der Waals surface area contributed by atoms with E-state index in [9.17, 15) is 18.0 Å². The summed E-state index contributed by atoms with van der Waals surface area (Å²) in [5.74, 6) is 0.457. The molecule has 0 aliphatic carbocycles. The van der Waals surface area contributed by atoms with E-state index < -0.39 is 11.7 Å². The predicted octanol–water partition coefficient (Wildman–Crippen LogP) is 4.05. The Kier molecular flexibility index (Phi) is 4.69. The van der Waals surface area contributed by atoms with E-state index in [0.29, 0.717) is 22.8 Å². The number of halogens is 4. The fourth-order valence-electron chi connectivity index (χ4n) is 2.04. The van der Waals surface area contributed by atoms with Crippen molar-refractivity contribution in [3.8, 4) is 0 Å². The molecule has 1 aromatic rings. The molecule has 1 fully saturated rings. The topological polar surface area (TPSA) is 20.3 Å². The monoisotopic (exact) mass is 367 g/mol. The van der Waals surface area contributed by atoms with Crippen LogP contribution in [0.2, 0.25) is 0 Å². The molecular weight excluding hydrogens is 355 g/mol. The van der Waals surface area contributed by atoms with Crippen molar-refractivity contribution in [1.29, 1.82) is 0 Å². The van der Waals surface area contributed by atoms with Gasteiger partial charge in [-0.1, -0.05) is 6.92 Å². The maximum atomic E-state index is 12.7. The van der Waals surface area contributed by atoms with Gasteiger partial charge in [-0.3, -0.25) is 4.79 Å². The van der Waals surface area contributed by atoms with Crippen molar-refractivity contribution in [2.45, 2.75) is 18.3 Å². The highest BCUT2D eigenvalue weighted by molar-refractivity contribution is 9.10. The number of rotatable bonds is 1. The highest BCUT2D eigenvalue weighted by atomic mass is 79.9. The number of carbonyl (C=O) groups is 1. The van der Waals surface area contributed by atoms with E-state index in [1.54, 1.807) is 16.7 Å². The second-order valence-corrected chi connectivity index (χ2v) is 7.03. The molecule has 20 heavy (non-hydrogen) atoms. The van der Waals surface area contributed by atoms with Gasteiger partial charge in [0.05, 0.1) is 11.1 Å². The molecule has 1 unspecified atom stereocenters. The van der Waals surface area contributed by atoms with Crippen molar-refractivity contribution in [2.24, 2.45) is 0 Å². The van der Waals surface area contributed by atoms with Crippen LogP contribution in [-0.2, 0) is 6.18 Å². The van der Waals surface area contributed by atoms with Crippen molar-refractivity contribution in [3.63, 3.8) is 0 Å². The average Bonchev–Trinajstić information content (AvgIpc) is 2.37. The van der Waals surface area contributed by atoms with Gasteiger partial charge in [0.1, 0.15) is 0 Å². The van der Waals surface area contributed by atoms with Gasteiger partial charge in [0, 0.05) is 28.6 Å². The van der Waals surface area contributed by atoms with Gasteiger partial charge in [0.25, 0.3) is 5.91 Å². The van der Waals surface area contributed by atoms with Crippen LogP contribution in [0.25, 0.3) is 0 Å². The normalized spacial score (nSPS) is 20.1. The highest BCUT2D eigenvalue weighted by Crippen LogP contribution is 2.32. The molecule has 0 aromatic heterocycles. The molecule has 0 radical (unpaired) electrons. The third-order valence-electron chi connectivity index (χ3n) is 3.05. The smallest absolute Gasteiger partial charge is 0.337 e. The summed E-state index contributed by atoms with van der Waals surface area (Å²) in [6.07, 6.45) is -4.44. The van der Waals surface area contributed by atoms with E-state index in [4.69, 9.17) is 0 Å². The third-order valence-corrected chi connectivity index (χ3v) is 4.88.